The van der Waals surface area contributed by atoms with Crippen LogP contribution in [-0.2, 0) is 11.3 Å². The van der Waals surface area contributed by atoms with Gasteiger partial charge in [0.25, 0.3) is 5.91 Å². The van der Waals surface area contributed by atoms with Crippen LogP contribution in [0.15, 0.2) is 48.5 Å². The Bertz CT molecular complexity index is 966. The van der Waals surface area contributed by atoms with Gasteiger partial charge in [0.05, 0.1) is 23.6 Å². The Kier molecular flexibility index (Phi) is 5.54. The number of nitrogens with zero attached hydrogens (tertiary/aromatic N) is 2. The molecule has 1 heterocycles. The van der Waals surface area contributed by atoms with E-state index in [-0.39, 0.29) is 18.3 Å². The zero-order valence-corrected chi connectivity index (χ0v) is 15.6. The summed E-state index contributed by atoms with van der Waals surface area (Å²) >= 11 is 0. The van der Waals surface area contributed by atoms with Crippen molar-refractivity contribution in [2.24, 2.45) is 0 Å². The van der Waals surface area contributed by atoms with E-state index in [9.17, 15) is 9.18 Å². The third-order valence-electron chi connectivity index (χ3n) is 4.38. The second-order valence-electron chi connectivity index (χ2n) is 6.40. The highest BCUT2D eigenvalue weighted by molar-refractivity contribution is 5.93. The number of ether oxygens (including phenoxy) is 1. The molecular weight excluding hydrogens is 345 g/mol. The molecule has 5 nitrogen and oxygen atoms in total. The predicted octanol–water partition coefficient (Wildman–Crippen LogP) is 4.01. The van der Waals surface area contributed by atoms with Gasteiger partial charge in [0.15, 0.2) is 6.61 Å². The smallest absolute Gasteiger partial charge is 0.262 e. The number of para-hydroxylation sites is 1. The summed E-state index contributed by atoms with van der Waals surface area (Å²) in [6, 6.07) is 14.1. The van der Waals surface area contributed by atoms with Gasteiger partial charge in [-0.15, -0.1) is 0 Å². The molecule has 1 N–H and O–H groups in total. The molecule has 0 atom stereocenters. The number of aromatic nitrogens is 2. The number of nitrogens with one attached hydrogen (secondary N) is 1. The molecule has 0 aliphatic carbocycles. The molecule has 0 bridgehead atoms. The molecule has 1 amide bonds. The zero-order chi connectivity index (χ0) is 19.4. The molecule has 1 aromatic heterocycles. The largest absolute Gasteiger partial charge is 0.483 e. The molecule has 0 saturated heterocycles. The Balaban J connectivity index is 1.68. The number of carbonyl (C=O) groups excluding carboxylic acids is 1. The highest BCUT2D eigenvalue weighted by Crippen LogP contribution is 2.21. The van der Waals surface area contributed by atoms with Gasteiger partial charge >= 0.3 is 0 Å². The van der Waals surface area contributed by atoms with Crippen LogP contribution in [-0.4, -0.2) is 22.3 Å². The van der Waals surface area contributed by atoms with Crippen LogP contribution in [0.3, 0.4) is 0 Å². The summed E-state index contributed by atoms with van der Waals surface area (Å²) in [7, 11) is 0. The quantitative estimate of drug-likeness (QED) is 0.716. The van der Waals surface area contributed by atoms with Gasteiger partial charge in [-0.25, -0.2) is 4.39 Å². The van der Waals surface area contributed by atoms with Crippen LogP contribution < -0.4 is 10.1 Å². The molecule has 0 aliphatic rings. The Morgan fingerprint density at radius 3 is 2.56 bits per heavy atom. The van der Waals surface area contributed by atoms with Gasteiger partial charge in [0, 0.05) is 5.56 Å². The molecule has 0 aliphatic heterocycles. The number of halogens is 1. The van der Waals surface area contributed by atoms with Gasteiger partial charge < -0.3 is 10.1 Å². The fraction of sp³-hybridized carbons (Fsp3) is 0.238. The molecule has 0 unspecified atom stereocenters. The first-order valence-corrected chi connectivity index (χ1v) is 8.71. The van der Waals surface area contributed by atoms with Crippen molar-refractivity contribution < 1.29 is 13.9 Å². The van der Waals surface area contributed by atoms with E-state index in [2.05, 4.69) is 10.4 Å². The lowest BCUT2D eigenvalue weighted by molar-refractivity contribution is -0.118. The fourth-order valence-electron chi connectivity index (χ4n) is 2.86. The molecule has 2 aromatic carbocycles. The Labute approximate surface area is 157 Å². The number of amides is 1. The lowest BCUT2D eigenvalue weighted by Gasteiger charge is -2.10. The number of carbonyl (C=O) groups is 1. The van der Waals surface area contributed by atoms with E-state index in [0.717, 1.165) is 11.3 Å². The normalized spacial score (nSPS) is 10.7. The van der Waals surface area contributed by atoms with E-state index in [4.69, 9.17) is 4.74 Å². The highest BCUT2D eigenvalue weighted by atomic mass is 19.1. The van der Waals surface area contributed by atoms with E-state index in [1.807, 2.05) is 45.0 Å². The maximum absolute atomic E-state index is 13.9. The number of anilines is 1. The van der Waals surface area contributed by atoms with Gasteiger partial charge in [-0.2, -0.15) is 5.10 Å². The Morgan fingerprint density at radius 1 is 1.11 bits per heavy atom. The summed E-state index contributed by atoms with van der Waals surface area (Å²) in [6.45, 7) is 5.78. The molecule has 3 aromatic rings. The van der Waals surface area contributed by atoms with E-state index in [1.165, 1.54) is 6.07 Å². The molecular formula is C21H22FN3O2. The maximum Gasteiger partial charge on any atom is 0.262 e. The van der Waals surface area contributed by atoms with Gasteiger partial charge in [-0.1, -0.05) is 36.4 Å². The average Bonchev–Trinajstić information content (AvgIpc) is 2.90. The summed E-state index contributed by atoms with van der Waals surface area (Å²) in [6.07, 6.45) is 0. The average molecular weight is 367 g/mol. The maximum atomic E-state index is 13.9. The van der Waals surface area contributed by atoms with Crippen LogP contribution in [0.2, 0.25) is 0 Å². The summed E-state index contributed by atoms with van der Waals surface area (Å²) in [4.78, 5) is 12.3. The third kappa shape index (κ3) is 4.34. The zero-order valence-electron chi connectivity index (χ0n) is 15.6. The number of benzene rings is 2. The van der Waals surface area contributed by atoms with Gasteiger partial charge in [0.1, 0.15) is 11.6 Å². The molecule has 140 valence electrons. The summed E-state index contributed by atoms with van der Waals surface area (Å²) in [5.74, 6) is 0.133. The van der Waals surface area contributed by atoms with Crippen LogP contribution in [0.4, 0.5) is 10.1 Å². The molecule has 0 fully saturated rings. The molecule has 6 heteroatoms. The van der Waals surface area contributed by atoms with Gasteiger partial charge in [-0.3, -0.25) is 9.48 Å². The van der Waals surface area contributed by atoms with Crippen molar-refractivity contribution in [2.75, 3.05) is 11.9 Å². The van der Waals surface area contributed by atoms with Crippen molar-refractivity contribution in [1.82, 2.24) is 9.78 Å². The second-order valence-corrected chi connectivity index (χ2v) is 6.40. The van der Waals surface area contributed by atoms with Crippen LogP contribution in [0, 0.1) is 26.6 Å². The summed E-state index contributed by atoms with van der Waals surface area (Å²) in [5, 5.41) is 7.27. The number of hydrogen-bond donors (Lipinski definition) is 1. The predicted molar refractivity (Wildman–Crippen MR) is 103 cm³/mol. The van der Waals surface area contributed by atoms with Crippen LogP contribution in [0.1, 0.15) is 22.5 Å². The standard InChI is InChI=1S/C21H22FN3O2/c1-14-8-4-7-11-19(14)27-13-20(26)23-21-15(2)24-25(16(21)3)12-17-9-5-6-10-18(17)22/h4-11H,12-13H2,1-3H3,(H,23,26). The highest BCUT2D eigenvalue weighted by Gasteiger charge is 2.16. The topological polar surface area (TPSA) is 56.1 Å². The molecule has 27 heavy (non-hydrogen) atoms. The lowest BCUT2D eigenvalue weighted by atomic mass is 10.2. The first kappa shape index (κ1) is 18.6. The number of rotatable bonds is 6. The van der Waals surface area contributed by atoms with Crippen LogP contribution in [0.25, 0.3) is 0 Å². The van der Waals surface area contributed by atoms with E-state index < -0.39 is 0 Å². The summed E-state index contributed by atoms with van der Waals surface area (Å²) in [5.41, 5.74) is 3.58. The summed E-state index contributed by atoms with van der Waals surface area (Å²) < 4.78 is 21.2. The van der Waals surface area contributed by atoms with Crippen molar-refractivity contribution in [1.29, 1.82) is 0 Å². The van der Waals surface area contributed by atoms with Crippen LogP contribution in [0.5, 0.6) is 5.75 Å². The van der Waals surface area contributed by atoms with Crippen molar-refractivity contribution in [2.45, 2.75) is 27.3 Å². The number of aryl methyl sites for hydroxylation is 2. The first-order valence-electron chi connectivity index (χ1n) is 8.71. The van der Waals surface area contributed by atoms with Crippen LogP contribution >= 0.6 is 0 Å². The Morgan fingerprint density at radius 2 is 1.81 bits per heavy atom. The molecule has 3 rings (SSSR count). The van der Waals surface area contributed by atoms with E-state index in [0.29, 0.717) is 29.2 Å². The third-order valence-corrected chi connectivity index (χ3v) is 4.38. The fourth-order valence-corrected chi connectivity index (χ4v) is 2.86. The first-order chi connectivity index (χ1) is 13.0. The monoisotopic (exact) mass is 367 g/mol. The van der Waals surface area contributed by atoms with Crippen molar-refractivity contribution >= 4 is 11.6 Å². The lowest BCUT2D eigenvalue weighted by Crippen LogP contribution is -2.21. The Hall–Kier alpha value is -3.15. The van der Waals surface area contributed by atoms with Crippen molar-refractivity contribution in [3.63, 3.8) is 0 Å². The van der Waals surface area contributed by atoms with Gasteiger partial charge in [-0.05, 0) is 38.5 Å². The van der Waals surface area contributed by atoms with Gasteiger partial charge in [0.2, 0.25) is 0 Å². The number of hydrogen-bond acceptors (Lipinski definition) is 3. The minimum Gasteiger partial charge on any atom is -0.483 e. The van der Waals surface area contributed by atoms with Crippen molar-refractivity contribution in [3.8, 4) is 5.75 Å². The molecule has 0 radical (unpaired) electrons. The molecule has 0 saturated carbocycles. The van der Waals surface area contributed by atoms with Crippen molar-refractivity contribution in [3.05, 3.63) is 76.9 Å². The van der Waals surface area contributed by atoms with E-state index in [1.54, 1.807) is 22.9 Å². The minimum absolute atomic E-state index is 0.0950. The molecule has 0 spiro atoms. The minimum atomic E-state index is -0.276. The van der Waals surface area contributed by atoms with E-state index >= 15 is 0 Å². The second kappa shape index (κ2) is 8.03. The SMILES string of the molecule is Cc1ccccc1OCC(=O)Nc1c(C)nn(Cc2ccccc2F)c1C.